The zero-order valence-corrected chi connectivity index (χ0v) is 12.7. The summed E-state index contributed by atoms with van der Waals surface area (Å²) in [5, 5.41) is 11.3. The number of aryl methyl sites for hydroxylation is 1. The molecule has 1 aliphatic heterocycles. The maximum absolute atomic E-state index is 10.9. The predicted octanol–water partition coefficient (Wildman–Crippen LogP) is 3.71. The molecular weight excluding hydrogens is 286 g/mol. The summed E-state index contributed by atoms with van der Waals surface area (Å²) in [6, 6.07) is 6.25. The second-order valence-corrected chi connectivity index (χ2v) is 6.19. The largest absolute Gasteiger partial charge is 0.476 e. The maximum atomic E-state index is 10.9. The summed E-state index contributed by atoms with van der Waals surface area (Å²) < 4.78 is 5.56. The Labute approximate surface area is 127 Å². The number of carboxylic acids is 1. The van der Waals surface area contributed by atoms with Crippen molar-refractivity contribution in [3.63, 3.8) is 0 Å². The molecule has 0 bridgehead atoms. The van der Waals surface area contributed by atoms with Crippen LogP contribution >= 0.6 is 11.3 Å². The van der Waals surface area contributed by atoms with Crippen LogP contribution in [0.5, 0.6) is 0 Å². The Morgan fingerprint density at radius 3 is 2.95 bits per heavy atom. The van der Waals surface area contributed by atoms with Crippen LogP contribution in [0, 0.1) is 6.92 Å². The Morgan fingerprint density at radius 2 is 2.33 bits per heavy atom. The van der Waals surface area contributed by atoms with E-state index in [1.807, 2.05) is 6.07 Å². The van der Waals surface area contributed by atoms with E-state index in [1.54, 1.807) is 5.38 Å². The van der Waals surface area contributed by atoms with Gasteiger partial charge in [0.05, 0.1) is 6.61 Å². The maximum Gasteiger partial charge on any atom is 0.355 e. The van der Waals surface area contributed by atoms with Crippen LogP contribution in [0.3, 0.4) is 0 Å². The van der Waals surface area contributed by atoms with Crippen molar-refractivity contribution in [2.24, 2.45) is 0 Å². The molecule has 0 saturated carbocycles. The Morgan fingerprint density at radius 1 is 1.48 bits per heavy atom. The Hall–Kier alpha value is -1.72. The molecule has 2 heterocycles. The highest BCUT2D eigenvalue weighted by atomic mass is 32.1. The van der Waals surface area contributed by atoms with Crippen LogP contribution in [-0.2, 0) is 4.74 Å². The number of hydrogen-bond acceptors (Lipinski definition) is 4. The van der Waals surface area contributed by atoms with Gasteiger partial charge in [0.1, 0.15) is 5.01 Å². The van der Waals surface area contributed by atoms with Gasteiger partial charge in [0.15, 0.2) is 5.69 Å². The summed E-state index contributed by atoms with van der Waals surface area (Å²) in [6.07, 6.45) is 2.28. The lowest BCUT2D eigenvalue weighted by molar-refractivity contribution is 0.0691. The normalized spacial score (nSPS) is 18.6. The van der Waals surface area contributed by atoms with E-state index >= 15 is 0 Å². The number of thiazole rings is 1. The number of hydrogen-bond donors (Lipinski definition) is 1. The average Bonchev–Trinajstić information content (AvgIpc) is 2.98. The highest BCUT2D eigenvalue weighted by molar-refractivity contribution is 7.13. The summed E-state index contributed by atoms with van der Waals surface area (Å²) in [4.78, 5) is 15.1. The van der Waals surface area contributed by atoms with Crippen molar-refractivity contribution in [2.45, 2.75) is 25.7 Å². The van der Waals surface area contributed by atoms with E-state index in [4.69, 9.17) is 9.84 Å². The molecule has 1 aromatic heterocycles. The van der Waals surface area contributed by atoms with Gasteiger partial charge in [0, 0.05) is 23.5 Å². The second kappa shape index (κ2) is 5.95. The molecule has 1 saturated heterocycles. The molecule has 1 unspecified atom stereocenters. The van der Waals surface area contributed by atoms with E-state index in [0.717, 1.165) is 30.2 Å². The molecule has 5 heteroatoms. The summed E-state index contributed by atoms with van der Waals surface area (Å²) in [5.41, 5.74) is 3.63. The lowest BCUT2D eigenvalue weighted by Crippen LogP contribution is -2.16. The Kier molecular flexibility index (Phi) is 4.03. The molecule has 21 heavy (non-hydrogen) atoms. The van der Waals surface area contributed by atoms with Crippen molar-refractivity contribution < 1.29 is 14.6 Å². The fourth-order valence-corrected chi connectivity index (χ4v) is 3.55. The molecule has 110 valence electrons. The van der Waals surface area contributed by atoms with Gasteiger partial charge in [-0.15, -0.1) is 11.3 Å². The van der Waals surface area contributed by atoms with Crippen LogP contribution in [0.4, 0.5) is 0 Å². The predicted molar refractivity (Wildman–Crippen MR) is 82.0 cm³/mol. The summed E-state index contributed by atoms with van der Waals surface area (Å²) in [6.45, 7) is 3.75. The van der Waals surface area contributed by atoms with Crippen LogP contribution in [0.2, 0.25) is 0 Å². The van der Waals surface area contributed by atoms with Gasteiger partial charge >= 0.3 is 5.97 Å². The highest BCUT2D eigenvalue weighted by Gasteiger charge is 2.18. The highest BCUT2D eigenvalue weighted by Crippen LogP contribution is 2.31. The van der Waals surface area contributed by atoms with Gasteiger partial charge in [-0.1, -0.05) is 12.1 Å². The first-order valence-corrected chi connectivity index (χ1v) is 7.90. The van der Waals surface area contributed by atoms with Crippen molar-refractivity contribution in [1.82, 2.24) is 4.98 Å². The van der Waals surface area contributed by atoms with E-state index in [0.29, 0.717) is 5.92 Å². The topological polar surface area (TPSA) is 59.4 Å². The van der Waals surface area contributed by atoms with Gasteiger partial charge in [-0.05, 0) is 37.0 Å². The smallest absolute Gasteiger partial charge is 0.355 e. The number of benzene rings is 1. The third-order valence-corrected chi connectivity index (χ3v) is 4.73. The van der Waals surface area contributed by atoms with Crippen LogP contribution in [0.25, 0.3) is 10.6 Å². The third-order valence-electron chi connectivity index (χ3n) is 3.84. The number of aromatic carboxylic acids is 1. The second-order valence-electron chi connectivity index (χ2n) is 5.33. The molecule has 0 spiro atoms. The van der Waals surface area contributed by atoms with Crippen LogP contribution in [0.15, 0.2) is 23.6 Å². The first kappa shape index (κ1) is 14.2. The average molecular weight is 303 g/mol. The van der Waals surface area contributed by atoms with Gasteiger partial charge in [-0.25, -0.2) is 9.78 Å². The lowest BCUT2D eigenvalue weighted by atomic mass is 9.89. The summed E-state index contributed by atoms with van der Waals surface area (Å²) in [5.74, 6) is -0.510. The van der Waals surface area contributed by atoms with E-state index in [1.165, 1.54) is 28.9 Å². The molecule has 1 aromatic carbocycles. The zero-order valence-electron chi connectivity index (χ0n) is 11.8. The van der Waals surface area contributed by atoms with E-state index in [9.17, 15) is 4.79 Å². The fraction of sp³-hybridized carbons (Fsp3) is 0.375. The molecular formula is C16H17NO3S. The quantitative estimate of drug-likeness (QED) is 0.939. The third kappa shape index (κ3) is 2.99. The summed E-state index contributed by atoms with van der Waals surface area (Å²) in [7, 11) is 0. The first-order chi connectivity index (χ1) is 10.1. The molecule has 4 nitrogen and oxygen atoms in total. The van der Waals surface area contributed by atoms with Crippen molar-refractivity contribution >= 4 is 17.3 Å². The Balaban J connectivity index is 1.87. The molecule has 0 amide bonds. The standard InChI is InChI=1S/C16H17NO3S/c1-10-7-11(15-17-14(9-21-15)16(18)19)4-5-13(10)12-3-2-6-20-8-12/h4-5,7,9,12H,2-3,6,8H2,1H3,(H,18,19). The van der Waals surface area contributed by atoms with Gasteiger partial charge in [0.25, 0.3) is 0 Å². The van der Waals surface area contributed by atoms with Crippen molar-refractivity contribution in [3.8, 4) is 10.6 Å². The fourth-order valence-electron chi connectivity index (χ4n) is 2.76. The number of carbonyl (C=O) groups is 1. The van der Waals surface area contributed by atoms with Gasteiger partial charge < -0.3 is 9.84 Å². The molecule has 0 radical (unpaired) electrons. The van der Waals surface area contributed by atoms with Gasteiger partial charge in [-0.3, -0.25) is 0 Å². The van der Waals surface area contributed by atoms with Crippen molar-refractivity contribution in [3.05, 3.63) is 40.4 Å². The first-order valence-electron chi connectivity index (χ1n) is 7.02. The van der Waals surface area contributed by atoms with Gasteiger partial charge in [0.2, 0.25) is 0 Å². The molecule has 1 fully saturated rings. The summed E-state index contributed by atoms with van der Waals surface area (Å²) >= 11 is 1.36. The number of rotatable bonds is 3. The zero-order chi connectivity index (χ0) is 14.8. The van der Waals surface area contributed by atoms with Gasteiger partial charge in [-0.2, -0.15) is 0 Å². The molecule has 1 N–H and O–H groups in total. The molecule has 3 rings (SSSR count). The van der Waals surface area contributed by atoms with Crippen LogP contribution in [0.1, 0.15) is 40.4 Å². The van der Waals surface area contributed by atoms with E-state index in [2.05, 4.69) is 24.0 Å². The molecule has 2 aromatic rings. The molecule has 1 aliphatic rings. The molecule has 0 aliphatic carbocycles. The lowest BCUT2D eigenvalue weighted by Gasteiger charge is -2.24. The van der Waals surface area contributed by atoms with E-state index in [-0.39, 0.29) is 5.69 Å². The monoisotopic (exact) mass is 303 g/mol. The molecule has 1 atom stereocenters. The van der Waals surface area contributed by atoms with E-state index < -0.39 is 5.97 Å². The minimum Gasteiger partial charge on any atom is -0.476 e. The Bertz CT molecular complexity index is 659. The minimum absolute atomic E-state index is 0.109. The minimum atomic E-state index is -0.981. The number of carboxylic acid groups (broad SMARTS) is 1. The number of aromatic nitrogens is 1. The van der Waals surface area contributed by atoms with Crippen molar-refractivity contribution in [1.29, 1.82) is 0 Å². The number of ether oxygens (including phenoxy) is 1. The van der Waals surface area contributed by atoms with Crippen LogP contribution in [-0.4, -0.2) is 29.3 Å². The van der Waals surface area contributed by atoms with Crippen LogP contribution < -0.4 is 0 Å². The SMILES string of the molecule is Cc1cc(-c2nc(C(=O)O)cs2)ccc1C1CCCOC1. The van der Waals surface area contributed by atoms with Crippen molar-refractivity contribution in [2.75, 3.05) is 13.2 Å². The number of nitrogens with zero attached hydrogens (tertiary/aromatic N) is 1.